The number of aryl methyl sites for hydroxylation is 1. The summed E-state index contributed by atoms with van der Waals surface area (Å²) in [4.78, 5) is 4.32. The van der Waals surface area contributed by atoms with Gasteiger partial charge in [-0.05, 0) is 19.1 Å². The summed E-state index contributed by atoms with van der Waals surface area (Å²) >= 11 is 1.51. The summed E-state index contributed by atoms with van der Waals surface area (Å²) in [5.41, 5.74) is 7.12. The summed E-state index contributed by atoms with van der Waals surface area (Å²) < 4.78 is 1.78. The smallest absolute Gasteiger partial charge is 0.194 e. The molecule has 0 radical (unpaired) electrons. The normalized spacial score (nSPS) is 11.9. The zero-order valence-electron chi connectivity index (χ0n) is 8.08. The third-order valence-corrected chi connectivity index (χ3v) is 2.89. The molecule has 15 heavy (non-hydrogen) atoms. The summed E-state index contributed by atoms with van der Waals surface area (Å²) in [6.07, 6.45) is 1.83. The zero-order chi connectivity index (χ0) is 10.8. The Labute approximate surface area is 90.5 Å². The van der Waals surface area contributed by atoms with Crippen LogP contribution in [-0.2, 0) is 0 Å². The predicted octanol–water partition coefficient (Wildman–Crippen LogP) is 1.34. The molecule has 0 aliphatic heterocycles. The van der Waals surface area contributed by atoms with Crippen LogP contribution in [0.1, 0.15) is 11.4 Å². The van der Waals surface area contributed by atoms with Crippen LogP contribution in [0.3, 0.4) is 0 Å². The Morgan fingerprint density at radius 1 is 1.67 bits per heavy atom. The van der Waals surface area contributed by atoms with E-state index >= 15 is 0 Å². The lowest BCUT2D eigenvalue weighted by atomic mass is 10.4. The maximum Gasteiger partial charge on any atom is 0.194 e. The van der Waals surface area contributed by atoms with Crippen molar-refractivity contribution in [1.29, 1.82) is 0 Å². The Bertz CT molecular complexity index is 500. The average molecular weight is 222 g/mol. The van der Waals surface area contributed by atoms with E-state index in [1.807, 2.05) is 24.6 Å². The molecular formula is C9H10N4OS. The van der Waals surface area contributed by atoms with Gasteiger partial charge in [-0.15, -0.1) is 11.3 Å². The standard InChI is InChI=1S/C9H10N4OS/c1-6-5-15-9(11-6)13-4-2-3-7(13)8(10)12-14/h2-5,14H,1H3,(H2,10,12). The van der Waals surface area contributed by atoms with Gasteiger partial charge in [-0.3, -0.25) is 4.57 Å². The van der Waals surface area contributed by atoms with Gasteiger partial charge in [0.2, 0.25) is 0 Å². The SMILES string of the molecule is Cc1csc(-n2cccc2/C(N)=N/O)n1. The number of thiazole rings is 1. The van der Waals surface area contributed by atoms with E-state index in [0.29, 0.717) is 5.69 Å². The number of oxime groups is 1. The first-order valence-electron chi connectivity index (χ1n) is 4.30. The van der Waals surface area contributed by atoms with Crippen molar-refractivity contribution in [2.45, 2.75) is 6.92 Å². The van der Waals surface area contributed by atoms with Crippen LogP contribution in [0.15, 0.2) is 28.9 Å². The maximum atomic E-state index is 8.62. The third-order valence-electron chi connectivity index (χ3n) is 1.93. The molecular weight excluding hydrogens is 212 g/mol. The molecule has 78 valence electrons. The fourth-order valence-electron chi connectivity index (χ4n) is 1.26. The highest BCUT2D eigenvalue weighted by atomic mass is 32.1. The van der Waals surface area contributed by atoms with Gasteiger partial charge in [-0.2, -0.15) is 0 Å². The van der Waals surface area contributed by atoms with Crippen molar-refractivity contribution in [2.75, 3.05) is 0 Å². The summed E-state index contributed by atoms with van der Waals surface area (Å²) in [6.45, 7) is 1.92. The van der Waals surface area contributed by atoms with Gasteiger partial charge in [-0.1, -0.05) is 5.16 Å². The van der Waals surface area contributed by atoms with Crippen molar-refractivity contribution in [3.8, 4) is 5.13 Å². The molecule has 0 saturated heterocycles. The number of nitrogens with two attached hydrogens (primary N) is 1. The number of aromatic nitrogens is 2. The molecule has 0 bridgehead atoms. The van der Waals surface area contributed by atoms with Crippen LogP contribution in [0.2, 0.25) is 0 Å². The molecule has 2 aromatic heterocycles. The molecule has 6 heteroatoms. The second-order valence-corrected chi connectivity index (χ2v) is 3.86. The highest BCUT2D eigenvalue weighted by Gasteiger charge is 2.09. The van der Waals surface area contributed by atoms with E-state index in [0.717, 1.165) is 10.8 Å². The van der Waals surface area contributed by atoms with E-state index in [9.17, 15) is 0 Å². The first kappa shape index (κ1) is 9.72. The second kappa shape index (κ2) is 3.74. The average Bonchev–Trinajstić information content (AvgIpc) is 2.84. The Hall–Kier alpha value is -1.82. The fraction of sp³-hybridized carbons (Fsp3) is 0.111. The first-order chi connectivity index (χ1) is 7.22. The highest BCUT2D eigenvalue weighted by Crippen LogP contribution is 2.17. The van der Waals surface area contributed by atoms with Gasteiger partial charge in [0, 0.05) is 11.6 Å². The van der Waals surface area contributed by atoms with Crippen molar-refractivity contribution in [1.82, 2.24) is 9.55 Å². The van der Waals surface area contributed by atoms with Crippen LogP contribution in [0.25, 0.3) is 5.13 Å². The molecule has 0 aliphatic rings. The van der Waals surface area contributed by atoms with Crippen molar-refractivity contribution < 1.29 is 5.21 Å². The minimum atomic E-state index is 0.0767. The molecule has 2 aromatic rings. The van der Waals surface area contributed by atoms with Gasteiger partial charge in [0.05, 0.1) is 11.4 Å². The highest BCUT2D eigenvalue weighted by molar-refractivity contribution is 7.12. The molecule has 3 N–H and O–H groups in total. The third kappa shape index (κ3) is 1.71. The van der Waals surface area contributed by atoms with Gasteiger partial charge in [0.25, 0.3) is 0 Å². The Morgan fingerprint density at radius 2 is 2.47 bits per heavy atom. The summed E-state index contributed by atoms with van der Waals surface area (Å²) in [5.74, 6) is 0.0767. The molecule has 5 nitrogen and oxygen atoms in total. The molecule has 0 spiro atoms. The lowest BCUT2D eigenvalue weighted by Gasteiger charge is -2.03. The van der Waals surface area contributed by atoms with Gasteiger partial charge in [-0.25, -0.2) is 4.98 Å². The molecule has 2 heterocycles. The van der Waals surface area contributed by atoms with Crippen LogP contribution in [0, 0.1) is 6.92 Å². The summed E-state index contributed by atoms with van der Waals surface area (Å²) in [6, 6.07) is 3.59. The number of rotatable bonds is 2. The van der Waals surface area contributed by atoms with Gasteiger partial charge < -0.3 is 10.9 Å². The fourth-order valence-corrected chi connectivity index (χ4v) is 2.06. The van der Waals surface area contributed by atoms with Gasteiger partial charge >= 0.3 is 0 Å². The van der Waals surface area contributed by atoms with Crippen molar-refractivity contribution in [3.63, 3.8) is 0 Å². The van der Waals surface area contributed by atoms with Crippen LogP contribution < -0.4 is 5.73 Å². The molecule has 0 fully saturated rings. The van der Waals surface area contributed by atoms with Crippen molar-refractivity contribution in [3.05, 3.63) is 35.1 Å². The van der Waals surface area contributed by atoms with E-state index in [2.05, 4.69) is 10.1 Å². The van der Waals surface area contributed by atoms with Gasteiger partial charge in [0.15, 0.2) is 11.0 Å². The lowest BCUT2D eigenvalue weighted by Crippen LogP contribution is -2.17. The second-order valence-electron chi connectivity index (χ2n) is 3.02. The number of hydrogen-bond acceptors (Lipinski definition) is 4. The maximum absolute atomic E-state index is 8.62. The monoisotopic (exact) mass is 222 g/mol. The molecule has 0 saturated carbocycles. The molecule has 0 atom stereocenters. The number of nitrogens with zero attached hydrogens (tertiary/aromatic N) is 3. The summed E-state index contributed by atoms with van der Waals surface area (Å²) in [5, 5.41) is 14.3. The minimum Gasteiger partial charge on any atom is -0.409 e. The predicted molar refractivity (Wildman–Crippen MR) is 58.7 cm³/mol. The van der Waals surface area contributed by atoms with Crippen LogP contribution in [0.4, 0.5) is 0 Å². The van der Waals surface area contributed by atoms with Crippen LogP contribution >= 0.6 is 11.3 Å². The largest absolute Gasteiger partial charge is 0.409 e. The van der Waals surface area contributed by atoms with E-state index in [-0.39, 0.29) is 5.84 Å². The van der Waals surface area contributed by atoms with Crippen LogP contribution in [0.5, 0.6) is 0 Å². The molecule has 0 aliphatic carbocycles. The Morgan fingerprint density at radius 3 is 3.07 bits per heavy atom. The van der Waals surface area contributed by atoms with Gasteiger partial charge in [0.1, 0.15) is 0 Å². The molecule has 0 unspecified atom stereocenters. The van der Waals surface area contributed by atoms with Crippen molar-refractivity contribution in [2.24, 2.45) is 10.9 Å². The molecule has 0 amide bonds. The Kier molecular flexibility index (Phi) is 2.42. The van der Waals surface area contributed by atoms with E-state index < -0.39 is 0 Å². The first-order valence-corrected chi connectivity index (χ1v) is 5.18. The topological polar surface area (TPSA) is 76.4 Å². The lowest BCUT2D eigenvalue weighted by molar-refractivity contribution is 0.318. The zero-order valence-corrected chi connectivity index (χ0v) is 8.90. The quantitative estimate of drug-likeness (QED) is 0.348. The molecule has 0 aromatic carbocycles. The van der Waals surface area contributed by atoms with E-state index in [1.165, 1.54) is 11.3 Å². The van der Waals surface area contributed by atoms with Crippen molar-refractivity contribution >= 4 is 17.2 Å². The molecule has 2 rings (SSSR count). The van der Waals surface area contributed by atoms with E-state index in [1.54, 1.807) is 10.6 Å². The number of hydrogen-bond donors (Lipinski definition) is 2. The van der Waals surface area contributed by atoms with Crippen LogP contribution in [-0.4, -0.2) is 20.6 Å². The number of amidine groups is 1. The Balaban J connectivity index is 2.50. The summed E-state index contributed by atoms with van der Waals surface area (Å²) in [7, 11) is 0. The minimum absolute atomic E-state index is 0.0767. The van der Waals surface area contributed by atoms with E-state index in [4.69, 9.17) is 10.9 Å².